The van der Waals surface area contributed by atoms with Crippen LogP contribution >= 0.6 is 0 Å². The van der Waals surface area contributed by atoms with Crippen LogP contribution < -0.4 is 9.47 Å². The third-order valence-corrected chi connectivity index (χ3v) is 2.59. The lowest BCUT2D eigenvalue weighted by Crippen LogP contribution is -2.04. The van der Waals surface area contributed by atoms with E-state index in [2.05, 4.69) is 6.07 Å². The summed E-state index contributed by atoms with van der Waals surface area (Å²) in [6, 6.07) is 15.3. The summed E-state index contributed by atoms with van der Waals surface area (Å²) < 4.78 is 10.2. The maximum absolute atomic E-state index is 12.3. The maximum atomic E-state index is 12.3. The smallest absolute Gasteiger partial charge is 0.196 e. The van der Waals surface area contributed by atoms with E-state index in [1.165, 1.54) is 7.11 Å². The van der Waals surface area contributed by atoms with Gasteiger partial charge in [-0.05, 0) is 12.1 Å². The molecule has 0 spiro atoms. The Balaban J connectivity index is 2.42. The monoisotopic (exact) mass is 241 g/mol. The molecule has 0 atom stereocenters. The number of carbonyl (C=O) groups is 1. The number of carbonyl (C=O) groups excluding carboxylic acids is 1. The van der Waals surface area contributed by atoms with Crippen molar-refractivity contribution in [1.29, 1.82) is 0 Å². The molecular formula is C15H13O3. The number of hydrogen-bond acceptors (Lipinski definition) is 3. The largest absolute Gasteiger partial charge is 0.496 e. The first kappa shape index (κ1) is 12.2. The first-order chi connectivity index (χ1) is 8.76. The van der Waals surface area contributed by atoms with Crippen molar-refractivity contribution in [3.8, 4) is 11.5 Å². The minimum atomic E-state index is -0.0913. The maximum Gasteiger partial charge on any atom is 0.196 e. The zero-order valence-corrected chi connectivity index (χ0v) is 10.3. The normalized spacial score (nSPS) is 9.89. The molecule has 0 N–H and O–H groups in total. The highest BCUT2D eigenvalue weighted by Gasteiger charge is 2.15. The molecule has 2 aromatic carbocycles. The van der Waals surface area contributed by atoms with Gasteiger partial charge in [0.05, 0.1) is 25.8 Å². The Morgan fingerprint density at radius 1 is 1.00 bits per heavy atom. The van der Waals surface area contributed by atoms with Gasteiger partial charge in [-0.15, -0.1) is 0 Å². The lowest BCUT2D eigenvalue weighted by atomic mass is 10.0. The van der Waals surface area contributed by atoms with Gasteiger partial charge in [-0.3, -0.25) is 4.79 Å². The Bertz CT molecular complexity index is 547. The van der Waals surface area contributed by atoms with Crippen molar-refractivity contribution in [2.24, 2.45) is 0 Å². The molecule has 91 valence electrons. The predicted octanol–water partition coefficient (Wildman–Crippen LogP) is 2.73. The first-order valence-electron chi connectivity index (χ1n) is 5.50. The summed E-state index contributed by atoms with van der Waals surface area (Å²) in [5, 5.41) is 0. The molecule has 0 aliphatic heterocycles. The van der Waals surface area contributed by atoms with Gasteiger partial charge in [0.1, 0.15) is 11.5 Å². The minimum Gasteiger partial charge on any atom is -0.496 e. The van der Waals surface area contributed by atoms with Gasteiger partial charge in [-0.2, -0.15) is 0 Å². The van der Waals surface area contributed by atoms with Crippen molar-refractivity contribution in [3.05, 3.63) is 59.7 Å². The van der Waals surface area contributed by atoms with Crippen LogP contribution in [0.15, 0.2) is 42.5 Å². The topological polar surface area (TPSA) is 35.5 Å². The van der Waals surface area contributed by atoms with E-state index >= 15 is 0 Å². The molecule has 0 unspecified atom stereocenters. The minimum absolute atomic E-state index is 0.0913. The predicted molar refractivity (Wildman–Crippen MR) is 68.3 cm³/mol. The second kappa shape index (κ2) is 5.36. The van der Waals surface area contributed by atoms with Crippen LogP contribution in [-0.4, -0.2) is 20.0 Å². The third kappa shape index (κ3) is 2.35. The summed E-state index contributed by atoms with van der Waals surface area (Å²) in [4.78, 5) is 12.3. The highest BCUT2D eigenvalue weighted by Crippen LogP contribution is 2.25. The average Bonchev–Trinajstić information content (AvgIpc) is 2.46. The molecule has 0 amide bonds. The van der Waals surface area contributed by atoms with Crippen LogP contribution in [0.4, 0.5) is 0 Å². The van der Waals surface area contributed by atoms with Gasteiger partial charge in [0.25, 0.3) is 0 Å². The molecular weight excluding hydrogens is 228 g/mol. The molecule has 0 heterocycles. The van der Waals surface area contributed by atoms with Crippen LogP contribution in [0.25, 0.3) is 0 Å². The Labute approximate surface area is 106 Å². The fourth-order valence-electron chi connectivity index (χ4n) is 1.66. The molecule has 3 nitrogen and oxygen atoms in total. The van der Waals surface area contributed by atoms with E-state index in [0.717, 1.165) is 0 Å². The molecule has 2 aromatic rings. The van der Waals surface area contributed by atoms with Crippen LogP contribution in [0.2, 0.25) is 0 Å². The number of rotatable bonds is 4. The Kier molecular flexibility index (Phi) is 3.63. The molecule has 1 radical (unpaired) electrons. The van der Waals surface area contributed by atoms with Gasteiger partial charge < -0.3 is 9.47 Å². The molecule has 0 saturated heterocycles. The van der Waals surface area contributed by atoms with Gasteiger partial charge in [0.2, 0.25) is 0 Å². The Hall–Kier alpha value is -2.29. The molecule has 3 heteroatoms. The van der Waals surface area contributed by atoms with Crippen LogP contribution in [0.5, 0.6) is 11.5 Å². The zero-order chi connectivity index (χ0) is 13.0. The van der Waals surface area contributed by atoms with Crippen molar-refractivity contribution in [1.82, 2.24) is 0 Å². The van der Waals surface area contributed by atoms with Gasteiger partial charge in [0.15, 0.2) is 5.78 Å². The lowest BCUT2D eigenvalue weighted by molar-refractivity contribution is 0.103. The SMILES string of the molecule is COc1[c]c(OC)c(C(=O)c2ccccc2)cc1. The van der Waals surface area contributed by atoms with Gasteiger partial charge in [-0.1, -0.05) is 30.3 Å². The summed E-state index contributed by atoms with van der Waals surface area (Å²) >= 11 is 0. The quantitative estimate of drug-likeness (QED) is 0.772. The molecule has 0 fully saturated rings. The third-order valence-electron chi connectivity index (χ3n) is 2.59. The van der Waals surface area contributed by atoms with Gasteiger partial charge >= 0.3 is 0 Å². The highest BCUT2D eigenvalue weighted by molar-refractivity contribution is 6.10. The van der Waals surface area contributed by atoms with Crippen molar-refractivity contribution in [3.63, 3.8) is 0 Å². The molecule has 0 bridgehead atoms. The van der Waals surface area contributed by atoms with Gasteiger partial charge in [-0.25, -0.2) is 0 Å². The van der Waals surface area contributed by atoms with Crippen LogP contribution in [-0.2, 0) is 0 Å². The van der Waals surface area contributed by atoms with Crippen LogP contribution in [0.1, 0.15) is 15.9 Å². The number of benzene rings is 2. The van der Waals surface area contributed by atoms with E-state index in [9.17, 15) is 4.79 Å². The standard InChI is InChI=1S/C15H13O3/c1-17-12-8-9-13(14(10-12)18-2)15(16)11-6-4-3-5-7-11/h3-9H,1-2H3. The molecule has 0 aliphatic rings. The fourth-order valence-corrected chi connectivity index (χ4v) is 1.66. The molecule has 0 aromatic heterocycles. The Morgan fingerprint density at radius 3 is 2.33 bits per heavy atom. The van der Waals surface area contributed by atoms with E-state index in [1.54, 1.807) is 31.4 Å². The lowest BCUT2D eigenvalue weighted by Gasteiger charge is -2.09. The van der Waals surface area contributed by atoms with Crippen molar-refractivity contribution >= 4 is 5.78 Å². The number of ketones is 1. The zero-order valence-electron chi connectivity index (χ0n) is 10.3. The summed E-state index contributed by atoms with van der Waals surface area (Å²) in [5.41, 5.74) is 1.10. The second-order valence-corrected chi connectivity index (χ2v) is 3.67. The fraction of sp³-hybridized carbons (Fsp3) is 0.133. The first-order valence-corrected chi connectivity index (χ1v) is 5.50. The summed E-state index contributed by atoms with van der Waals surface area (Å²) in [6.07, 6.45) is 0. The summed E-state index contributed by atoms with van der Waals surface area (Å²) in [6.45, 7) is 0. The van der Waals surface area contributed by atoms with E-state index in [4.69, 9.17) is 9.47 Å². The van der Waals surface area contributed by atoms with E-state index in [1.807, 2.05) is 18.2 Å². The van der Waals surface area contributed by atoms with Crippen LogP contribution in [0.3, 0.4) is 0 Å². The number of ether oxygens (including phenoxy) is 2. The Morgan fingerprint density at radius 2 is 1.72 bits per heavy atom. The number of methoxy groups -OCH3 is 2. The number of hydrogen-bond donors (Lipinski definition) is 0. The summed E-state index contributed by atoms with van der Waals surface area (Å²) in [5.74, 6) is 0.839. The summed E-state index contributed by atoms with van der Waals surface area (Å²) in [7, 11) is 3.05. The molecule has 2 rings (SSSR count). The van der Waals surface area contributed by atoms with Crippen molar-refractivity contribution in [2.75, 3.05) is 14.2 Å². The molecule has 18 heavy (non-hydrogen) atoms. The van der Waals surface area contributed by atoms with E-state index < -0.39 is 0 Å². The van der Waals surface area contributed by atoms with E-state index in [-0.39, 0.29) is 5.78 Å². The molecule has 0 saturated carbocycles. The van der Waals surface area contributed by atoms with Crippen molar-refractivity contribution < 1.29 is 14.3 Å². The highest BCUT2D eigenvalue weighted by atomic mass is 16.5. The van der Waals surface area contributed by atoms with Crippen molar-refractivity contribution in [2.45, 2.75) is 0 Å². The van der Waals surface area contributed by atoms with Crippen LogP contribution in [0, 0.1) is 6.07 Å². The van der Waals surface area contributed by atoms with E-state index in [0.29, 0.717) is 22.6 Å². The van der Waals surface area contributed by atoms with Gasteiger partial charge in [0, 0.05) is 5.56 Å². The average molecular weight is 241 g/mol. The molecule has 0 aliphatic carbocycles. The second-order valence-electron chi connectivity index (χ2n) is 3.67.